The molecule has 0 fully saturated rings. The first kappa shape index (κ1) is 7.91. The summed E-state index contributed by atoms with van der Waals surface area (Å²) in [4.78, 5) is 10.1. The average molecular weight is 151 g/mol. The molecule has 0 saturated heterocycles. The van der Waals surface area contributed by atoms with Crippen molar-refractivity contribution in [3.05, 3.63) is 29.2 Å². The Hall–Kier alpha value is -1.20. The van der Waals surface area contributed by atoms with Gasteiger partial charge in [-0.25, -0.2) is 0 Å². The van der Waals surface area contributed by atoms with Crippen LogP contribution in [0.1, 0.15) is 0 Å². The van der Waals surface area contributed by atoms with E-state index in [1.807, 2.05) is 0 Å². The molecule has 0 spiro atoms. The van der Waals surface area contributed by atoms with Crippen LogP contribution in [0, 0.1) is 4.91 Å². The van der Waals surface area contributed by atoms with Gasteiger partial charge in [0.05, 0.1) is 0 Å². The lowest BCUT2D eigenvalue weighted by Gasteiger charge is -1.99. The first-order valence-electron chi connectivity index (χ1n) is 3.04. The van der Waals surface area contributed by atoms with Gasteiger partial charge in [0, 0.05) is 5.46 Å². The van der Waals surface area contributed by atoms with Gasteiger partial charge in [-0.2, -0.15) is 0 Å². The van der Waals surface area contributed by atoms with Crippen LogP contribution in [-0.2, 0) is 0 Å². The fourth-order valence-corrected chi connectivity index (χ4v) is 0.789. The molecule has 11 heavy (non-hydrogen) atoms. The normalized spacial score (nSPS) is 9.27. The molecule has 0 amide bonds. The molecule has 5 heteroatoms. The molecule has 0 heterocycles. The van der Waals surface area contributed by atoms with E-state index in [1.165, 1.54) is 12.1 Å². The summed E-state index contributed by atoms with van der Waals surface area (Å²) in [5, 5.41) is 20.0. The van der Waals surface area contributed by atoms with Gasteiger partial charge in [-0.15, -0.1) is 4.91 Å². The molecular formula is C6H6BNO3. The molecule has 0 saturated carbocycles. The van der Waals surface area contributed by atoms with Gasteiger partial charge in [-0.1, -0.05) is 18.2 Å². The van der Waals surface area contributed by atoms with Crippen LogP contribution >= 0.6 is 0 Å². The largest absolute Gasteiger partial charge is 0.490 e. The van der Waals surface area contributed by atoms with Crippen LogP contribution in [0.25, 0.3) is 0 Å². The summed E-state index contributed by atoms with van der Waals surface area (Å²) < 4.78 is 0. The Labute approximate surface area is 63.6 Å². The molecule has 1 aromatic rings. The summed E-state index contributed by atoms with van der Waals surface area (Å²) in [6.07, 6.45) is 0. The van der Waals surface area contributed by atoms with Crippen molar-refractivity contribution in [3.8, 4) is 0 Å². The first-order valence-corrected chi connectivity index (χ1v) is 3.04. The van der Waals surface area contributed by atoms with Crippen molar-refractivity contribution < 1.29 is 10.0 Å². The second-order valence-corrected chi connectivity index (χ2v) is 2.02. The van der Waals surface area contributed by atoms with Gasteiger partial charge in [0.15, 0.2) is 0 Å². The lowest BCUT2D eigenvalue weighted by atomic mass is 9.79. The molecule has 1 rings (SSSR count). The highest BCUT2D eigenvalue weighted by Crippen LogP contribution is 2.06. The molecular weight excluding hydrogens is 145 g/mol. The second kappa shape index (κ2) is 3.27. The lowest BCUT2D eigenvalue weighted by Crippen LogP contribution is -2.29. The fraction of sp³-hybridized carbons (Fsp3) is 0. The van der Waals surface area contributed by atoms with E-state index < -0.39 is 7.12 Å². The maximum absolute atomic E-state index is 10.1. The highest BCUT2D eigenvalue weighted by Gasteiger charge is 2.14. The number of benzene rings is 1. The number of nitroso groups, excluding NO2 is 1. The van der Waals surface area contributed by atoms with Crippen molar-refractivity contribution in [2.24, 2.45) is 5.18 Å². The summed E-state index contributed by atoms with van der Waals surface area (Å²) in [6.45, 7) is 0. The Morgan fingerprint density at radius 2 is 1.91 bits per heavy atom. The minimum atomic E-state index is -1.64. The minimum Gasteiger partial charge on any atom is -0.423 e. The molecule has 4 nitrogen and oxygen atoms in total. The zero-order valence-corrected chi connectivity index (χ0v) is 5.64. The molecule has 0 unspecified atom stereocenters. The molecule has 0 aliphatic heterocycles. The topological polar surface area (TPSA) is 69.9 Å². The van der Waals surface area contributed by atoms with Crippen LogP contribution in [0.3, 0.4) is 0 Å². The monoisotopic (exact) mass is 151 g/mol. The Bertz CT molecular complexity index is 264. The molecule has 56 valence electrons. The van der Waals surface area contributed by atoms with E-state index in [0.717, 1.165) is 0 Å². The van der Waals surface area contributed by atoms with E-state index >= 15 is 0 Å². The first-order chi connectivity index (χ1) is 5.25. The molecule has 0 aliphatic carbocycles. The van der Waals surface area contributed by atoms with Crippen LogP contribution < -0.4 is 5.46 Å². The highest BCUT2D eigenvalue weighted by atomic mass is 16.4. The Morgan fingerprint density at radius 3 is 2.36 bits per heavy atom. The van der Waals surface area contributed by atoms with Gasteiger partial charge in [0.2, 0.25) is 0 Å². The summed E-state index contributed by atoms with van der Waals surface area (Å²) in [5.74, 6) is 0. The highest BCUT2D eigenvalue weighted by molar-refractivity contribution is 6.60. The van der Waals surface area contributed by atoms with E-state index in [2.05, 4.69) is 5.18 Å². The second-order valence-electron chi connectivity index (χ2n) is 2.02. The average Bonchev–Trinajstić information content (AvgIpc) is 2.04. The van der Waals surface area contributed by atoms with Gasteiger partial charge < -0.3 is 10.0 Å². The van der Waals surface area contributed by atoms with Crippen LogP contribution in [0.4, 0.5) is 5.69 Å². The van der Waals surface area contributed by atoms with Gasteiger partial charge in [0.1, 0.15) is 5.69 Å². The SMILES string of the molecule is O=Nc1ccccc1B(O)O. The van der Waals surface area contributed by atoms with E-state index in [1.54, 1.807) is 12.1 Å². The van der Waals surface area contributed by atoms with Crippen molar-refractivity contribution in [1.82, 2.24) is 0 Å². The van der Waals surface area contributed by atoms with Crippen LogP contribution in [-0.4, -0.2) is 17.2 Å². The van der Waals surface area contributed by atoms with E-state index in [0.29, 0.717) is 0 Å². The molecule has 0 aliphatic rings. The van der Waals surface area contributed by atoms with Crippen LogP contribution in [0.5, 0.6) is 0 Å². The maximum atomic E-state index is 10.1. The van der Waals surface area contributed by atoms with E-state index in [4.69, 9.17) is 10.0 Å². The summed E-state index contributed by atoms with van der Waals surface area (Å²) >= 11 is 0. The third kappa shape index (κ3) is 1.63. The third-order valence-electron chi connectivity index (χ3n) is 1.31. The summed E-state index contributed by atoms with van der Waals surface area (Å²) in [5.41, 5.74) is 0.185. The van der Waals surface area contributed by atoms with Crippen LogP contribution in [0.2, 0.25) is 0 Å². The summed E-state index contributed by atoms with van der Waals surface area (Å²) in [7, 11) is -1.64. The minimum absolute atomic E-state index is 0.0579. The van der Waals surface area contributed by atoms with Crippen LogP contribution in [0.15, 0.2) is 29.4 Å². The van der Waals surface area contributed by atoms with Crippen molar-refractivity contribution in [1.29, 1.82) is 0 Å². The van der Waals surface area contributed by atoms with Crippen molar-refractivity contribution in [2.45, 2.75) is 0 Å². The Balaban J connectivity index is 3.12. The van der Waals surface area contributed by atoms with Gasteiger partial charge in [-0.05, 0) is 11.2 Å². The number of rotatable bonds is 2. The number of hydrogen-bond acceptors (Lipinski definition) is 4. The van der Waals surface area contributed by atoms with Gasteiger partial charge in [0.25, 0.3) is 0 Å². The number of nitrogens with zero attached hydrogens (tertiary/aromatic N) is 1. The molecule has 0 aromatic heterocycles. The number of hydrogen-bond donors (Lipinski definition) is 2. The van der Waals surface area contributed by atoms with Crippen molar-refractivity contribution >= 4 is 18.3 Å². The molecule has 0 radical (unpaired) electrons. The molecule has 0 atom stereocenters. The van der Waals surface area contributed by atoms with Crippen molar-refractivity contribution in [3.63, 3.8) is 0 Å². The van der Waals surface area contributed by atoms with E-state index in [9.17, 15) is 4.91 Å². The predicted octanol–water partition coefficient (Wildman–Crippen LogP) is -0.236. The maximum Gasteiger partial charge on any atom is 0.490 e. The van der Waals surface area contributed by atoms with E-state index in [-0.39, 0.29) is 11.2 Å². The van der Waals surface area contributed by atoms with Crippen molar-refractivity contribution in [2.75, 3.05) is 0 Å². The van der Waals surface area contributed by atoms with Gasteiger partial charge >= 0.3 is 7.12 Å². The zero-order chi connectivity index (χ0) is 8.27. The molecule has 1 aromatic carbocycles. The van der Waals surface area contributed by atoms with Gasteiger partial charge in [-0.3, -0.25) is 0 Å². The standard InChI is InChI=1S/C6H6BNO3/c9-7(10)5-3-1-2-4-6(5)8-11/h1-4,9-10H. The Morgan fingerprint density at radius 1 is 1.27 bits per heavy atom. The molecule has 2 N–H and O–H groups in total. The Kier molecular flexibility index (Phi) is 2.35. The fourth-order valence-electron chi connectivity index (χ4n) is 0.789. The molecule has 0 bridgehead atoms. The smallest absolute Gasteiger partial charge is 0.423 e. The predicted molar refractivity (Wildman–Crippen MR) is 41.7 cm³/mol. The third-order valence-corrected chi connectivity index (χ3v) is 1.31. The zero-order valence-electron chi connectivity index (χ0n) is 5.64. The lowest BCUT2D eigenvalue weighted by molar-refractivity contribution is 0.426. The quantitative estimate of drug-likeness (QED) is 0.452. The summed E-state index contributed by atoms with van der Waals surface area (Å²) in [6, 6.07) is 6.05.